The normalized spacial score (nSPS) is 24.1. The highest BCUT2D eigenvalue weighted by Gasteiger charge is 2.36. The molecule has 3 unspecified atom stereocenters. The van der Waals surface area contributed by atoms with E-state index < -0.39 is 9.84 Å². The average molecular weight is 551 g/mol. The predicted octanol–water partition coefficient (Wildman–Crippen LogP) is 6.41. The van der Waals surface area contributed by atoms with Gasteiger partial charge in [0.2, 0.25) is 0 Å². The second-order valence-corrected chi connectivity index (χ2v) is 14.6. The fraction of sp³-hybridized carbons (Fsp3) is 0.594. The lowest BCUT2D eigenvalue weighted by molar-refractivity contribution is 0.0113. The fourth-order valence-corrected chi connectivity index (χ4v) is 7.66. The molecule has 3 heterocycles. The van der Waals surface area contributed by atoms with E-state index in [1.54, 1.807) is 12.1 Å². The number of imidazole rings is 1. The molecule has 3 atom stereocenters. The Labute approximate surface area is 235 Å². The number of likely N-dealkylation sites (tertiary alicyclic amines) is 2. The molecule has 1 N–H and O–H groups in total. The third-order valence-electron chi connectivity index (χ3n) is 9.11. The van der Waals surface area contributed by atoms with Crippen molar-refractivity contribution in [1.82, 2.24) is 19.8 Å². The van der Waals surface area contributed by atoms with Crippen molar-refractivity contribution in [2.75, 3.05) is 25.9 Å². The van der Waals surface area contributed by atoms with Gasteiger partial charge in [-0.05, 0) is 112 Å². The van der Waals surface area contributed by atoms with Crippen LogP contribution in [0.15, 0.2) is 41.3 Å². The quantitative estimate of drug-likeness (QED) is 0.368. The van der Waals surface area contributed by atoms with Gasteiger partial charge in [-0.15, -0.1) is 0 Å². The second kappa shape index (κ2) is 11.3. The third kappa shape index (κ3) is 6.10. The van der Waals surface area contributed by atoms with Gasteiger partial charge in [-0.3, -0.25) is 4.90 Å². The molecular formula is C32H46N4O2S. The molecular weight excluding hydrogens is 504 g/mol. The van der Waals surface area contributed by atoms with Crippen LogP contribution in [0.2, 0.25) is 0 Å². The van der Waals surface area contributed by atoms with Gasteiger partial charge < -0.3 is 9.88 Å². The standard InChI is InChI=1S/C32H46N4O2S/c1-7-27-19-28(17-23(5)36(27)20-21(2)3)35-14-12-24(13-15-35)26-16-22(4)31-30(18-26)33-32(34-31)25-8-10-29(11-9-25)39(6,37)38/h8-11,16,18,21,23-24,27-28H,7,12-15,17,19-20H2,1-6H3,(H,33,34). The van der Waals surface area contributed by atoms with Crippen molar-refractivity contribution in [2.45, 2.75) is 95.7 Å². The summed E-state index contributed by atoms with van der Waals surface area (Å²) in [7, 11) is -3.21. The van der Waals surface area contributed by atoms with Crippen molar-refractivity contribution in [3.05, 3.63) is 47.5 Å². The van der Waals surface area contributed by atoms with E-state index in [0.717, 1.165) is 28.3 Å². The number of hydrogen-bond acceptors (Lipinski definition) is 5. The molecule has 3 aromatic rings. The van der Waals surface area contributed by atoms with Gasteiger partial charge in [0.1, 0.15) is 5.82 Å². The van der Waals surface area contributed by atoms with Gasteiger partial charge in [0.25, 0.3) is 0 Å². The molecule has 2 fully saturated rings. The van der Waals surface area contributed by atoms with Crippen LogP contribution in [0.25, 0.3) is 22.4 Å². The molecule has 0 amide bonds. The van der Waals surface area contributed by atoms with Crippen LogP contribution < -0.4 is 0 Å². The maximum Gasteiger partial charge on any atom is 0.175 e. The summed E-state index contributed by atoms with van der Waals surface area (Å²) in [6, 6.07) is 13.7. The molecule has 0 aliphatic carbocycles. The molecule has 2 aromatic carbocycles. The van der Waals surface area contributed by atoms with E-state index in [9.17, 15) is 8.42 Å². The zero-order chi connectivity index (χ0) is 27.9. The van der Waals surface area contributed by atoms with Crippen LogP contribution in [0.1, 0.15) is 76.8 Å². The second-order valence-electron chi connectivity index (χ2n) is 12.6. The summed E-state index contributed by atoms with van der Waals surface area (Å²) in [4.78, 5) is 14.3. The smallest absolute Gasteiger partial charge is 0.175 e. The molecule has 2 aliphatic heterocycles. The number of fused-ring (bicyclic) bond motifs is 1. The van der Waals surface area contributed by atoms with Crippen LogP contribution >= 0.6 is 0 Å². The number of nitrogens with one attached hydrogen (secondary N) is 1. The number of H-pyrrole nitrogens is 1. The van der Waals surface area contributed by atoms with E-state index in [2.05, 4.69) is 61.5 Å². The zero-order valence-electron chi connectivity index (χ0n) is 24.6. The Morgan fingerprint density at radius 2 is 1.77 bits per heavy atom. The maximum atomic E-state index is 11.8. The minimum absolute atomic E-state index is 0.327. The Bertz CT molecular complexity index is 1390. The molecule has 0 spiro atoms. The Morgan fingerprint density at radius 1 is 1.08 bits per heavy atom. The number of rotatable bonds is 7. The highest BCUT2D eigenvalue weighted by Crippen LogP contribution is 2.36. The van der Waals surface area contributed by atoms with Crippen LogP contribution in [0.3, 0.4) is 0 Å². The van der Waals surface area contributed by atoms with Crippen LogP contribution in [0.4, 0.5) is 0 Å². The minimum atomic E-state index is -3.21. The number of sulfone groups is 1. The molecule has 1 aromatic heterocycles. The number of piperidine rings is 2. The zero-order valence-corrected chi connectivity index (χ0v) is 25.4. The summed E-state index contributed by atoms with van der Waals surface area (Å²) in [6.45, 7) is 15.2. The molecule has 0 radical (unpaired) electrons. The first-order valence-corrected chi connectivity index (χ1v) is 16.7. The van der Waals surface area contributed by atoms with E-state index in [-0.39, 0.29) is 0 Å². The van der Waals surface area contributed by atoms with Crippen molar-refractivity contribution in [1.29, 1.82) is 0 Å². The Hall–Kier alpha value is -2.22. The highest BCUT2D eigenvalue weighted by atomic mass is 32.2. The number of aromatic amines is 1. The fourth-order valence-electron chi connectivity index (χ4n) is 7.03. The van der Waals surface area contributed by atoms with E-state index in [1.165, 1.54) is 69.1 Å². The molecule has 0 saturated carbocycles. The van der Waals surface area contributed by atoms with E-state index in [0.29, 0.717) is 28.9 Å². The van der Waals surface area contributed by atoms with Crippen LogP contribution in [-0.2, 0) is 9.84 Å². The van der Waals surface area contributed by atoms with Gasteiger partial charge in [0.05, 0.1) is 15.9 Å². The number of hydrogen-bond donors (Lipinski definition) is 1. The molecule has 6 nitrogen and oxygen atoms in total. The molecule has 5 rings (SSSR count). The number of nitrogens with zero attached hydrogens (tertiary/aromatic N) is 3. The monoisotopic (exact) mass is 550 g/mol. The summed E-state index contributed by atoms with van der Waals surface area (Å²) in [6.07, 6.45) is 7.49. The third-order valence-corrected chi connectivity index (χ3v) is 10.2. The van der Waals surface area contributed by atoms with E-state index in [1.807, 2.05) is 12.1 Å². The lowest BCUT2D eigenvalue weighted by Crippen LogP contribution is -2.55. The summed E-state index contributed by atoms with van der Waals surface area (Å²) < 4.78 is 23.7. The summed E-state index contributed by atoms with van der Waals surface area (Å²) in [5, 5.41) is 0. The number of aromatic nitrogens is 2. The average Bonchev–Trinajstić information content (AvgIpc) is 3.34. The van der Waals surface area contributed by atoms with Crippen molar-refractivity contribution >= 4 is 20.9 Å². The van der Waals surface area contributed by atoms with Gasteiger partial charge in [0.15, 0.2) is 9.84 Å². The SMILES string of the molecule is CCC1CC(N2CCC(c3cc(C)c4nc(-c5ccc(S(C)(=O)=O)cc5)[nH]c4c3)CC2)CC(C)N1CC(C)C. The Morgan fingerprint density at radius 3 is 2.38 bits per heavy atom. The van der Waals surface area contributed by atoms with E-state index >= 15 is 0 Å². The lowest BCUT2D eigenvalue weighted by atomic mass is 9.84. The van der Waals surface area contributed by atoms with Crippen LogP contribution in [0, 0.1) is 12.8 Å². The largest absolute Gasteiger partial charge is 0.338 e. The van der Waals surface area contributed by atoms with Gasteiger partial charge >= 0.3 is 0 Å². The van der Waals surface area contributed by atoms with Gasteiger partial charge in [0, 0.05) is 36.5 Å². The highest BCUT2D eigenvalue weighted by molar-refractivity contribution is 7.90. The van der Waals surface area contributed by atoms with Crippen LogP contribution in [0.5, 0.6) is 0 Å². The van der Waals surface area contributed by atoms with Crippen molar-refractivity contribution < 1.29 is 8.42 Å². The number of aryl methyl sites for hydroxylation is 1. The van der Waals surface area contributed by atoms with Crippen LogP contribution in [-0.4, -0.2) is 72.2 Å². The predicted molar refractivity (Wildman–Crippen MR) is 161 cm³/mol. The topological polar surface area (TPSA) is 69.3 Å². The maximum absolute atomic E-state index is 11.8. The molecule has 7 heteroatoms. The van der Waals surface area contributed by atoms with Crippen molar-refractivity contribution in [2.24, 2.45) is 5.92 Å². The molecule has 2 aliphatic rings. The first kappa shape index (κ1) is 28.3. The molecule has 39 heavy (non-hydrogen) atoms. The van der Waals surface area contributed by atoms with Crippen molar-refractivity contribution in [3.63, 3.8) is 0 Å². The Kier molecular flexibility index (Phi) is 8.23. The molecule has 212 valence electrons. The lowest BCUT2D eigenvalue weighted by Gasteiger charge is -2.49. The summed E-state index contributed by atoms with van der Waals surface area (Å²) >= 11 is 0. The molecule has 2 saturated heterocycles. The summed E-state index contributed by atoms with van der Waals surface area (Å²) in [5.74, 6) is 2.08. The first-order valence-electron chi connectivity index (χ1n) is 14.8. The molecule has 0 bridgehead atoms. The minimum Gasteiger partial charge on any atom is -0.338 e. The van der Waals surface area contributed by atoms with E-state index in [4.69, 9.17) is 4.98 Å². The number of benzene rings is 2. The van der Waals surface area contributed by atoms with Crippen molar-refractivity contribution in [3.8, 4) is 11.4 Å². The van der Waals surface area contributed by atoms with Gasteiger partial charge in [-0.2, -0.15) is 0 Å². The van der Waals surface area contributed by atoms with Gasteiger partial charge in [-0.25, -0.2) is 13.4 Å². The summed E-state index contributed by atoms with van der Waals surface area (Å²) in [5.41, 5.74) is 5.55. The Balaban J connectivity index is 1.27. The van der Waals surface area contributed by atoms with Gasteiger partial charge in [-0.1, -0.05) is 26.8 Å². The first-order chi connectivity index (χ1) is 18.5.